The van der Waals surface area contributed by atoms with E-state index in [9.17, 15) is 14.7 Å². The zero-order valence-corrected chi connectivity index (χ0v) is 11.7. The lowest BCUT2D eigenvalue weighted by molar-refractivity contribution is 0.0697. The third-order valence-electron chi connectivity index (χ3n) is 2.97. The number of aromatic carboxylic acids is 1. The van der Waals surface area contributed by atoms with E-state index in [1.807, 2.05) is 18.2 Å². The molecule has 116 valence electrons. The second-order valence-corrected chi connectivity index (χ2v) is 4.48. The van der Waals surface area contributed by atoms with Gasteiger partial charge in [0, 0.05) is 6.20 Å². The first-order chi connectivity index (χ1) is 11.1. The van der Waals surface area contributed by atoms with Crippen LogP contribution in [-0.2, 0) is 11.3 Å². The van der Waals surface area contributed by atoms with Gasteiger partial charge in [-0.25, -0.2) is 14.6 Å². The number of hydrogen-bond acceptors (Lipinski definition) is 6. The molecule has 0 aliphatic carbocycles. The van der Waals surface area contributed by atoms with E-state index in [4.69, 9.17) is 4.74 Å². The molecule has 9 heteroatoms. The van der Waals surface area contributed by atoms with Crippen LogP contribution in [0.5, 0.6) is 0 Å². The molecule has 0 saturated heterocycles. The zero-order valence-electron chi connectivity index (χ0n) is 11.7. The lowest BCUT2D eigenvalue weighted by Crippen LogP contribution is -2.19. The van der Waals surface area contributed by atoms with Crippen LogP contribution < -0.4 is 5.32 Å². The van der Waals surface area contributed by atoms with Gasteiger partial charge in [-0.1, -0.05) is 30.3 Å². The Morgan fingerprint density at radius 2 is 2.00 bits per heavy atom. The Bertz CT molecular complexity index is 862. The number of ether oxygens (including phenoxy) is 1. The molecule has 0 atom stereocenters. The molecule has 2 N–H and O–H groups in total. The van der Waals surface area contributed by atoms with Crippen LogP contribution in [0.4, 0.5) is 10.6 Å². The molecular formula is C14H11N5O4. The van der Waals surface area contributed by atoms with E-state index in [0.29, 0.717) is 0 Å². The van der Waals surface area contributed by atoms with Crippen molar-refractivity contribution in [3.8, 4) is 0 Å². The number of amides is 1. The van der Waals surface area contributed by atoms with Crippen LogP contribution in [0.3, 0.4) is 0 Å². The molecule has 0 unspecified atom stereocenters. The summed E-state index contributed by atoms with van der Waals surface area (Å²) in [6.07, 6.45) is 1.49. The Kier molecular flexibility index (Phi) is 3.83. The second-order valence-electron chi connectivity index (χ2n) is 4.48. The Labute approximate surface area is 129 Å². The highest BCUT2D eigenvalue weighted by Crippen LogP contribution is 2.15. The summed E-state index contributed by atoms with van der Waals surface area (Å²) in [6, 6.07) is 9.10. The molecule has 0 radical (unpaired) electrons. The van der Waals surface area contributed by atoms with Gasteiger partial charge in [-0.05, 0) is 5.56 Å². The van der Waals surface area contributed by atoms with E-state index in [1.54, 1.807) is 12.1 Å². The number of carbonyl (C=O) groups excluding carboxylic acids is 1. The van der Waals surface area contributed by atoms with Crippen molar-refractivity contribution in [3.63, 3.8) is 0 Å². The summed E-state index contributed by atoms with van der Waals surface area (Å²) >= 11 is 0. The minimum Gasteiger partial charge on any atom is -0.477 e. The average molecular weight is 313 g/mol. The Morgan fingerprint density at radius 3 is 2.74 bits per heavy atom. The van der Waals surface area contributed by atoms with Crippen LogP contribution in [0.15, 0.2) is 42.9 Å². The Morgan fingerprint density at radius 1 is 1.22 bits per heavy atom. The van der Waals surface area contributed by atoms with Gasteiger partial charge >= 0.3 is 12.1 Å². The third-order valence-corrected chi connectivity index (χ3v) is 2.97. The van der Waals surface area contributed by atoms with Crippen molar-refractivity contribution in [1.82, 2.24) is 19.6 Å². The minimum atomic E-state index is -1.26. The van der Waals surface area contributed by atoms with Crippen LogP contribution >= 0.6 is 0 Å². The highest BCUT2D eigenvalue weighted by atomic mass is 16.5. The van der Waals surface area contributed by atoms with Gasteiger partial charge in [-0.3, -0.25) is 5.32 Å². The molecule has 2 heterocycles. The number of fused-ring (bicyclic) bond motifs is 1. The van der Waals surface area contributed by atoms with Crippen molar-refractivity contribution in [3.05, 3.63) is 54.0 Å². The van der Waals surface area contributed by atoms with Gasteiger partial charge in [0.25, 0.3) is 5.78 Å². The fourth-order valence-corrected chi connectivity index (χ4v) is 1.91. The fraction of sp³-hybridized carbons (Fsp3) is 0.0714. The van der Waals surface area contributed by atoms with Crippen LogP contribution in [0.25, 0.3) is 5.78 Å². The van der Waals surface area contributed by atoms with Crippen molar-refractivity contribution >= 4 is 23.7 Å². The first-order valence-corrected chi connectivity index (χ1v) is 6.55. The van der Waals surface area contributed by atoms with Crippen molar-refractivity contribution in [2.75, 3.05) is 5.32 Å². The minimum absolute atomic E-state index is 0.0562. The quantitative estimate of drug-likeness (QED) is 0.750. The van der Waals surface area contributed by atoms with E-state index in [-0.39, 0.29) is 23.8 Å². The average Bonchev–Trinajstić information content (AvgIpc) is 3.03. The van der Waals surface area contributed by atoms with E-state index >= 15 is 0 Å². The molecule has 0 spiro atoms. The summed E-state index contributed by atoms with van der Waals surface area (Å²) in [5.74, 6) is -1.17. The summed E-state index contributed by atoms with van der Waals surface area (Å²) in [5.41, 5.74) is 0.585. The standard InChI is InChI=1S/C14H11N5O4/c20-12(21)10-6-15-13-16-8-17-19(13)11(10)18-14(22)23-7-9-4-2-1-3-5-9/h1-6,8H,7H2,(H,18,22)(H,20,21). The Balaban J connectivity index is 1.80. The number of carboxylic acid groups (broad SMARTS) is 1. The highest BCUT2D eigenvalue weighted by Gasteiger charge is 2.18. The lowest BCUT2D eigenvalue weighted by Gasteiger charge is -2.10. The van der Waals surface area contributed by atoms with E-state index in [0.717, 1.165) is 16.3 Å². The third kappa shape index (κ3) is 3.07. The number of benzene rings is 1. The van der Waals surface area contributed by atoms with E-state index in [1.165, 1.54) is 6.33 Å². The van der Waals surface area contributed by atoms with E-state index < -0.39 is 12.1 Å². The number of nitrogens with one attached hydrogen (secondary N) is 1. The predicted molar refractivity (Wildman–Crippen MR) is 78.0 cm³/mol. The first kappa shape index (κ1) is 14.4. The summed E-state index contributed by atoms with van der Waals surface area (Å²) in [7, 11) is 0. The molecule has 3 rings (SSSR count). The van der Waals surface area contributed by atoms with Gasteiger partial charge in [0.05, 0.1) is 0 Å². The van der Waals surface area contributed by atoms with E-state index in [2.05, 4.69) is 20.4 Å². The van der Waals surface area contributed by atoms with Crippen molar-refractivity contribution in [1.29, 1.82) is 0 Å². The molecule has 0 aliphatic heterocycles. The van der Waals surface area contributed by atoms with Gasteiger partial charge in [0.1, 0.15) is 18.5 Å². The number of rotatable bonds is 4. The van der Waals surface area contributed by atoms with Crippen LogP contribution in [0.1, 0.15) is 15.9 Å². The summed E-state index contributed by atoms with van der Waals surface area (Å²) in [4.78, 5) is 30.8. The van der Waals surface area contributed by atoms with Crippen LogP contribution in [0.2, 0.25) is 0 Å². The maximum absolute atomic E-state index is 11.9. The number of nitrogens with zero attached hydrogens (tertiary/aromatic N) is 4. The smallest absolute Gasteiger partial charge is 0.413 e. The molecule has 3 aromatic rings. The molecule has 0 aliphatic rings. The van der Waals surface area contributed by atoms with Gasteiger partial charge in [-0.15, -0.1) is 0 Å². The fourth-order valence-electron chi connectivity index (χ4n) is 1.91. The number of hydrogen-bond donors (Lipinski definition) is 2. The normalized spacial score (nSPS) is 10.4. The monoisotopic (exact) mass is 313 g/mol. The van der Waals surface area contributed by atoms with Crippen molar-refractivity contribution < 1.29 is 19.4 Å². The second kappa shape index (κ2) is 6.10. The largest absolute Gasteiger partial charge is 0.477 e. The molecule has 1 amide bonds. The van der Waals surface area contributed by atoms with Crippen molar-refractivity contribution in [2.24, 2.45) is 0 Å². The lowest BCUT2D eigenvalue weighted by atomic mass is 10.2. The van der Waals surface area contributed by atoms with Crippen LogP contribution in [0, 0.1) is 0 Å². The van der Waals surface area contributed by atoms with Gasteiger partial charge < -0.3 is 9.84 Å². The maximum Gasteiger partial charge on any atom is 0.413 e. The van der Waals surface area contributed by atoms with Gasteiger partial charge in [-0.2, -0.15) is 14.6 Å². The van der Waals surface area contributed by atoms with Crippen molar-refractivity contribution in [2.45, 2.75) is 6.61 Å². The number of carbonyl (C=O) groups is 2. The highest BCUT2D eigenvalue weighted by molar-refractivity contribution is 5.97. The Hall–Kier alpha value is -3.49. The summed E-state index contributed by atoms with van der Waals surface area (Å²) in [5, 5.41) is 15.4. The van der Waals surface area contributed by atoms with Crippen LogP contribution in [-0.4, -0.2) is 36.8 Å². The summed E-state index contributed by atoms with van der Waals surface area (Å²) < 4.78 is 6.19. The maximum atomic E-state index is 11.9. The molecule has 1 aromatic carbocycles. The molecule has 9 nitrogen and oxygen atoms in total. The number of anilines is 1. The molecule has 2 aromatic heterocycles. The molecule has 0 fully saturated rings. The first-order valence-electron chi connectivity index (χ1n) is 6.55. The molecule has 0 saturated carbocycles. The molecule has 0 bridgehead atoms. The predicted octanol–water partition coefficient (Wildman–Crippen LogP) is 1.57. The zero-order chi connectivity index (χ0) is 16.2. The summed E-state index contributed by atoms with van der Waals surface area (Å²) in [6.45, 7) is 0.0562. The molecular weight excluding hydrogens is 302 g/mol. The van der Waals surface area contributed by atoms with Gasteiger partial charge in [0.15, 0.2) is 5.82 Å². The van der Waals surface area contributed by atoms with Gasteiger partial charge in [0.2, 0.25) is 0 Å². The number of carboxylic acids is 1. The topological polar surface area (TPSA) is 119 Å². The SMILES string of the molecule is O=C(Nc1c(C(=O)O)cnc2ncnn12)OCc1ccccc1. The molecule has 23 heavy (non-hydrogen) atoms. The number of aromatic nitrogens is 4.